The molecule has 1 aromatic carbocycles. The molecule has 3 rings (SSSR count). The predicted molar refractivity (Wildman–Crippen MR) is 90.3 cm³/mol. The second kappa shape index (κ2) is 7.38. The maximum atomic E-state index is 12.3. The number of aromatic nitrogens is 2. The molecule has 132 valence electrons. The molecule has 25 heavy (non-hydrogen) atoms. The molecule has 1 aliphatic rings. The minimum absolute atomic E-state index is 0.0253. The van der Waals surface area contributed by atoms with Crippen molar-refractivity contribution in [2.45, 2.75) is 25.4 Å². The molecule has 0 unspecified atom stereocenters. The number of hydrogen-bond acceptors (Lipinski definition) is 4. The first-order chi connectivity index (χ1) is 12.0. The van der Waals surface area contributed by atoms with Crippen LogP contribution in [0.4, 0.5) is 4.79 Å². The van der Waals surface area contributed by atoms with Crippen molar-refractivity contribution in [1.29, 1.82) is 0 Å². The number of amides is 1. The van der Waals surface area contributed by atoms with Crippen molar-refractivity contribution in [1.82, 2.24) is 14.7 Å². The van der Waals surface area contributed by atoms with E-state index in [-0.39, 0.29) is 24.3 Å². The summed E-state index contributed by atoms with van der Waals surface area (Å²) < 4.78 is 6.75. The van der Waals surface area contributed by atoms with E-state index in [2.05, 4.69) is 5.10 Å². The predicted octanol–water partition coefficient (Wildman–Crippen LogP) is 2.63. The highest BCUT2D eigenvalue weighted by Gasteiger charge is 2.28. The van der Waals surface area contributed by atoms with E-state index in [9.17, 15) is 9.59 Å². The van der Waals surface area contributed by atoms with E-state index in [1.54, 1.807) is 18.0 Å². The number of aromatic carboxylic acids is 1. The molecule has 1 atom stereocenters. The molecule has 0 saturated carbocycles. The van der Waals surface area contributed by atoms with Gasteiger partial charge in [-0.2, -0.15) is 5.10 Å². The molecular weight excluding hydrogens is 322 g/mol. The summed E-state index contributed by atoms with van der Waals surface area (Å²) in [6, 6.07) is 11.1. The maximum absolute atomic E-state index is 12.3. The minimum Gasteiger partial charge on any atom is -0.477 e. The third-order valence-electron chi connectivity index (χ3n) is 4.42. The number of aryl methyl sites for hydroxylation is 1. The van der Waals surface area contributed by atoms with Gasteiger partial charge in [0, 0.05) is 26.1 Å². The summed E-state index contributed by atoms with van der Waals surface area (Å²) in [5, 5.41) is 13.5. The fourth-order valence-corrected chi connectivity index (χ4v) is 3.08. The van der Waals surface area contributed by atoms with Crippen LogP contribution in [0, 0.1) is 0 Å². The van der Waals surface area contributed by atoms with Gasteiger partial charge in [0.1, 0.15) is 12.3 Å². The van der Waals surface area contributed by atoms with Gasteiger partial charge >= 0.3 is 12.1 Å². The van der Waals surface area contributed by atoms with Gasteiger partial charge < -0.3 is 14.7 Å². The van der Waals surface area contributed by atoms with Gasteiger partial charge in [0.15, 0.2) is 0 Å². The lowest BCUT2D eigenvalue weighted by Gasteiger charge is -2.31. The highest BCUT2D eigenvalue weighted by atomic mass is 16.6. The first-order valence-corrected chi connectivity index (χ1v) is 8.27. The van der Waals surface area contributed by atoms with Crippen LogP contribution in [0.25, 0.3) is 0 Å². The number of piperidine rings is 1. The van der Waals surface area contributed by atoms with Crippen LogP contribution in [-0.2, 0) is 18.4 Å². The quantitative estimate of drug-likeness (QED) is 0.922. The zero-order valence-electron chi connectivity index (χ0n) is 14.1. The summed E-state index contributed by atoms with van der Waals surface area (Å²) in [4.78, 5) is 25.2. The first kappa shape index (κ1) is 17.0. The molecule has 1 saturated heterocycles. The summed E-state index contributed by atoms with van der Waals surface area (Å²) in [5.41, 5.74) is 1.81. The summed E-state index contributed by atoms with van der Waals surface area (Å²) in [7, 11) is 1.61. The summed E-state index contributed by atoms with van der Waals surface area (Å²) in [6.45, 7) is 1.38. The summed E-state index contributed by atoms with van der Waals surface area (Å²) in [6.07, 6.45) is 1.37. The van der Waals surface area contributed by atoms with E-state index < -0.39 is 5.97 Å². The SMILES string of the molecule is Cn1nc([C@@H]2CCCN(C(=O)OCc3ccccc3)C2)cc1C(=O)O. The van der Waals surface area contributed by atoms with E-state index in [4.69, 9.17) is 9.84 Å². The molecule has 2 aromatic rings. The van der Waals surface area contributed by atoms with Crippen molar-refractivity contribution in [3.05, 3.63) is 53.3 Å². The molecule has 0 spiro atoms. The molecule has 0 radical (unpaired) electrons. The largest absolute Gasteiger partial charge is 0.477 e. The van der Waals surface area contributed by atoms with Crippen molar-refractivity contribution in [3.8, 4) is 0 Å². The lowest BCUT2D eigenvalue weighted by Crippen LogP contribution is -2.39. The van der Waals surface area contributed by atoms with Gasteiger partial charge in [0.25, 0.3) is 0 Å². The molecule has 0 aliphatic carbocycles. The van der Waals surface area contributed by atoms with E-state index in [0.717, 1.165) is 18.4 Å². The molecule has 1 amide bonds. The van der Waals surface area contributed by atoms with Crippen LogP contribution >= 0.6 is 0 Å². The zero-order valence-corrected chi connectivity index (χ0v) is 14.1. The third kappa shape index (κ3) is 3.99. The Kier molecular flexibility index (Phi) is 5.02. The molecule has 1 N–H and O–H groups in total. The zero-order chi connectivity index (χ0) is 17.8. The number of carboxylic acids is 1. The van der Waals surface area contributed by atoms with Crippen molar-refractivity contribution in [2.24, 2.45) is 7.05 Å². The standard InChI is InChI=1S/C18H21N3O4/c1-20-16(17(22)23)10-15(19-20)14-8-5-9-21(11-14)18(24)25-12-13-6-3-2-4-7-13/h2-4,6-7,10,14H,5,8-9,11-12H2,1H3,(H,22,23)/t14-/m1/s1. The number of benzene rings is 1. The van der Waals surface area contributed by atoms with Gasteiger partial charge in [0.05, 0.1) is 5.69 Å². The van der Waals surface area contributed by atoms with Crippen molar-refractivity contribution in [2.75, 3.05) is 13.1 Å². The smallest absolute Gasteiger partial charge is 0.410 e. The van der Waals surface area contributed by atoms with Crippen LogP contribution in [-0.4, -0.2) is 44.9 Å². The minimum atomic E-state index is -1.00. The maximum Gasteiger partial charge on any atom is 0.410 e. The molecule has 0 bridgehead atoms. The van der Waals surface area contributed by atoms with Gasteiger partial charge in [-0.05, 0) is 24.5 Å². The van der Waals surface area contributed by atoms with Crippen molar-refractivity contribution in [3.63, 3.8) is 0 Å². The fraction of sp³-hybridized carbons (Fsp3) is 0.389. The summed E-state index contributed by atoms with van der Waals surface area (Å²) in [5.74, 6) is -0.978. The average Bonchev–Trinajstić information content (AvgIpc) is 3.03. The van der Waals surface area contributed by atoms with E-state index in [0.29, 0.717) is 18.8 Å². The molecule has 1 aromatic heterocycles. The molecule has 7 heteroatoms. The Bertz CT molecular complexity index is 757. The number of carbonyl (C=O) groups is 2. The summed E-state index contributed by atoms with van der Waals surface area (Å²) >= 11 is 0. The number of hydrogen-bond donors (Lipinski definition) is 1. The third-order valence-corrected chi connectivity index (χ3v) is 4.42. The van der Waals surface area contributed by atoms with Gasteiger partial charge in [-0.25, -0.2) is 9.59 Å². The Morgan fingerprint density at radius 3 is 2.76 bits per heavy atom. The van der Waals surface area contributed by atoms with Gasteiger partial charge in [0.2, 0.25) is 0 Å². The Labute approximate surface area is 145 Å². The highest BCUT2D eigenvalue weighted by molar-refractivity contribution is 5.85. The Morgan fingerprint density at radius 2 is 2.08 bits per heavy atom. The van der Waals surface area contributed by atoms with Crippen molar-refractivity contribution < 1.29 is 19.4 Å². The number of nitrogens with zero attached hydrogens (tertiary/aromatic N) is 3. The average molecular weight is 343 g/mol. The topological polar surface area (TPSA) is 84.7 Å². The molecule has 7 nitrogen and oxygen atoms in total. The van der Waals surface area contributed by atoms with Gasteiger partial charge in [-0.3, -0.25) is 4.68 Å². The number of ether oxygens (including phenoxy) is 1. The number of rotatable bonds is 4. The second-order valence-corrected chi connectivity index (χ2v) is 6.21. The lowest BCUT2D eigenvalue weighted by atomic mass is 9.95. The number of likely N-dealkylation sites (tertiary alicyclic amines) is 1. The van der Waals surface area contributed by atoms with E-state index >= 15 is 0 Å². The molecule has 1 aliphatic heterocycles. The Balaban J connectivity index is 1.61. The van der Waals surface area contributed by atoms with Gasteiger partial charge in [-0.15, -0.1) is 0 Å². The Hall–Kier alpha value is -2.83. The normalized spacial score (nSPS) is 17.3. The van der Waals surface area contributed by atoms with Crippen molar-refractivity contribution >= 4 is 12.1 Å². The second-order valence-electron chi connectivity index (χ2n) is 6.21. The fourth-order valence-electron chi connectivity index (χ4n) is 3.08. The Morgan fingerprint density at radius 1 is 1.32 bits per heavy atom. The van der Waals surface area contributed by atoms with Crippen LogP contribution in [0.1, 0.15) is 40.5 Å². The van der Waals surface area contributed by atoms with Crippen LogP contribution in [0.5, 0.6) is 0 Å². The highest BCUT2D eigenvalue weighted by Crippen LogP contribution is 2.27. The molecular formula is C18H21N3O4. The van der Waals surface area contributed by atoms with Crippen LogP contribution in [0.2, 0.25) is 0 Å². The van der Waals surface area contributed by atoms with Crippen LogP contribution in [0.15, 0.2) is 36.4 Å². The van der Waals surface area contributed by atoms with Crippen LogP contribution < -0.4 is 0 Å². The van der Waals surface area contributed by atoms with E-state index in [1.165, 1.54) is 4.68 Å². The molecule has 2 heterocycles. The monoisotopic (exact) mass is 343 g/mol. The van der Waals surface area contributed by atoms with E-state index in [1.807, 2.05) is 30.3 Å². The van der Waals surface area contributed by atoms with Crippen LogP contribution in [0.3, 0.4) is 0 Å². The number of carboxylic acid groups (broad SMARTS) is 1. The lowest BCUT2D eigenvalue weighted by molar-refractivity contribution is 0.0684. The molecule has 1 fully saturated rings. The first-order valence-electron chi connectivity index (χ1n) is 8.27. The van der Waals surface area contributed by atoms with Gasteiger partial charge in [-0.1, -0.05) is 30.3 Å². The number of carbonyl (C=O) groups excluding carboxylic acids is 1.